The van der Waals surface area contributed by atoms with Gasteiger partial charge in [0.05, 0.1) is 6.33 Å². The summed E-state index contributed by atoms with van der Waals surface area (Å²) in [6.07, 6.45) is 3.20. The molecule has 0 aliphatic heterocycles. The average Bonchev–Trinajstić information content (AvgIpc) is 2.82. The Morgan fingerprint density at radius 2 is 2.05 bits per heavy atom. The third kappa shape index (κ3) is 2.32. The molecule has 0 bridgehead atoms. The molecule has 0 aliphatic rings. The van der Waals surface area contributed by atoms with Crippen molar-refractivity contribution in [1.82, 2.24) is 29.9 Å². The zero-order chi connectivity index (χ0) is 13.4. The second-order valence-corrected chi connectivity index (χ2v) is 5.03. The highest BCUT2D eigenvalue weighted by molar-refractivity contribution is 7.99. The molecule has 3 aromatic heterocycles. The molecule has 0 atom stereocenters. The summed E-state index contributed by atoms with van der Waals surface area (Å²) in [5, 5.41) is 1.56. The molecule has 9 heteroatoms. The number of halogens is 1. The number of fused-ring (bicyclic) bond motifs is 1. The van der Waals surface area contributed by atoms with Crippen LogP contribution < -0.4 is 5.73 Å². The second kappa shape index (κ2) is 4.63. The zero-order valence-electron chi connectivity index (χ0n) is 9.75. The first-order chi connectivity index (χ1) is 9.13. The number of aromatic amines is 1. The number of hydrogen-bond acceptors (Lipinski definition) is 7. The number of aryl methyl sites for hydroxylation is 1. The third-order valence-corrected chi connectivity index (χ3v) is 3.64. The highest BCUT2D eigenvalue weighted by Crippen LogP contribution is 2.31. The van der Waals surface area contributed by atoms with Gasteiger partial charge in [-0.3, -0.25) is 0 Å². The Bertz CT molecular complexity index is 757. The fourth-order valence-electron chi connectivity index (χ4n) is 1.50. The lowest BCUT2D eigenvalue weighted by molar-refractivity contribution is 0.997. The summed E-state index contributed by atoms with van der Waals surface area (Å²) in [6, 6.07) is 0. The minimum absolute atomic E-state index is 0.167. The number of nitrogens with two attached hydrogens (primary N) is 1. The molecule has 3 N–H and O–H groups in total. The molecule has 0 aromatic carbocycles. The molecule has 0 aliphatic carbocycles. The van der Waals surface area contributed by atoms with Crippen molar-refractivity contribution in [3.05, 3.63) is 23.4 Å². The van der Waals surface area contributed by atoms with Gasteiger partial charge in [-0.15, -0.1) is 0 Å². The Hall–Kier alpha value is -1.93. The number of aromatic nitrogens is 6. The Morgan fingerprint density at radius 3 is 2.89 bits per heavy atom. The highest BCUT2D eigenvalue weighted by atomic mass is 35.5. The van der Waals surface area contributed by atoms with Crippen molar-refractivity contribution in [2.75, 3.05) is 5.73 Å². The lowest BCUT2D eigenvalue weighted by Crippen LogP contribution is -1.98. The Morgan fingerprint density at radius 1 is 1.21 bits per heavy atom. The van der Waals surface area contributed by atoms with Crippen LogP contribution in [-0.4, -0.2) is 29.9 Å². The van der Waals surface area contributed by atoms with E-state index in [4.69, 9.17) is 17.3 Å². The molecular weight excluding hydrogens is 286 g/mol. The fourth-order valence-corrected chi connectivity index (χ4v) is 2.60. The first-order valence-electron chi connectivity index (χ1n) is 5.27. The van der Waals surface area contributed by atoms with Gasteiger partial charge in [-0.1, -0.05) is 0 Å². The number of imidazole rings is 1. The number of nitrogens with one attached hydrogen (secondary N) is 1. The van der Waals surface area contributed by atoms with Crippen molar-refractivity contribution in [2.24, 2.45) is 0 Å². The van der Waals surface area contributed by atoms with Crippen LogP contribution in [0.2, 0.25) is 5.28 Å². The third-order valence-electron chi connectivity index (χ3n) is 2.36. The molecule has 96 valence electrons. The molecule has 0 unspecified atom stereocenters. The van der Waals surface area contributed by atoms with Crippen molar-refractivity contribution < 1.29 is 0 Å². The zero-order valence-corrected chi connectivity index (χ0v) is 11.3. The molecule has 7 nitrogen and oxygen atoms in total. The van der Waals surface area contributed by atoms with Crippen molar-refractivity contribution in [3.8, 4) is 0 Å². The Kier molecular flexibility index (Phi) is 2.96. The molecule has 0 amide bonds. The molecule has 0 fully saturated rings. The van der Waals surface area contributed by atoms with Gasteiger partial charge < -0.3 is 10.7 Å². The Balaban J connectivity index is 2.10. The maximum absolute atomic E-state index is 5.80. The summed E-state index contributed by atoms with van der Waals surface area (Å²) in [4.78, 5) is 23.4. The van der Waals surface area contributed by atoms with Gasteiger partial charge in [0.2, 0.25) is 11.2 Å². The van der Waals surface area contributed by atoms with E-state index in [0.29, 0.717) is 21.2 Å². The minimum Gasteiger partial charge on any atom is -0.368 e. The number of anilines is 1. The lowest BCUT2D eigenvalue weighted by Gasteiger charge is -2.05. The molecule has 3 rings (SSSR count). The van der Waals surface area contributed by atoms with Gasteiger partial charge in [-0.25, -0.2) is 19.9 Å². The van der Waals surface area contributed by atoms with Crippen LogP contribution in [0.15, 0.2) is 22.6 Å². The van der Waals surface area contributed by atoms with Gasteiger partial charge in [0.25, 0.3) is 0 Å². The lowest BCUT2D eigenvalue weighted by atomic mass is 10.4. The summed E-state index contributed by atoms with van der Waals surface area (Å²) >= 11 is 7.14. The molecule has 3 aromatic rings. The van der Waals surface area contributed by atoms with Crippen molar-refractivity contribution in [2.45, 2.75) is 17.0 Å². The van der Waals surface area contributed by atoms with Gasteiger partial charge in [0.15, 0.2) is 5.65 Å². The van der Waals surface area contributed by atoms with Crippen LogP contribution >= 0.6 is 23.4 Å². The maximum atomic E-state index is 5.80. The van der Waals surface area contributed by atoms with Crippen LogP contribution in [0.3, 0.4) is 0 Å². The number of rotatable bonds is 2. The van der Waals surface area contributed by atoms with Crippen molar-refractivity contribution in [1.29, 1.82) is 0 Å². The van der Waals surface area contributed by atoms with E-state index in [2.05, 4.69) is 29.9 Å². The molecule has 0 radical (unpaired) electrons. The first-order valence-corrected chi connectivity index (χ1v) is 6.46. The SMILES string of the molecule is Cc1cnc(Cl)nc1Sc1nc(N)nc2nc[nH]c12. The van der Waals surface area contributed by atoms with Crippen LogP contribution in [0.1, 0.15) is 5.56 Å². The standard InChI is InChI=1S/C10H8ClN7S/c1-4-2-13-9(11)17-7(4)19-8-5-6(15-3-14-5)16-10(12)18-8/h2-3H,1H3,(H3,12,14,15,16,18). The highest BCUT2D eigenvalue weighted by Gasteiger charge is 2.12. The van der Waals surface area contributed by atoms with Crippen LogP contribution in [0.25, 0.3) is 11.2 Å². The molecule has 0 saturated carbocycles. The van der Waals surface area contributed by atoms with Crippen LogP contribution in [0.4, 0.5) is 5.95 Å². The number of H-pyrrole nitrogens is 1. The molecule has 3 heterocycles. The summed E-state index contributed by atoms with van der Waals surface area (Å²) < 4.78 is 0. The van der Waals surface area contributed by atoms with E-state index >= 15 is 0 Å². The summed E-state index contributed by atoms with van der Waals surface area (Å²) in [5.74, 6) is 0.167. The van der Waals surface area contributed by atoms with Gasteiger partial charge in [0.1, 0.15) is 15.6 Å². The molecule has 0 spiro atoms. The van der Waals surface area contributed by atoms with Gasteiger partial charge in [-0.2, -0.15) is 4.98 Å². The molecule has 0 saturated heterocycles. The topological polar surface area (TPSA) is 106 Å². The van der Waals surface area contributed by atoms with Crippen molar-refractivity contribution in [3.63, 3.8) is 0 Å². The number of hydrogen-bond donors (Lipinski definition) is 2. The molecular formula is C10H8ClN7S. The Labute approximate surface area is 117 Å². The monoisotopic (exact) mass is 293 g/mol. The number of nitrogens with zero attached hydrogens (tertiary/aromatic N) is 5. The van der Waals surface area contributed by atoms with E-state index in [0.717, 1.165) is 5.56 Å². The minimum atomic E-state index is 0.167. The van der Waals surface area contributed by atoms with Gasteiger partial charge >= 0.3 is 0 Å². The van der Waals surface area contributed by atoms with Gasteiger partial charge in [0, 0.05) is 11.8 Å². The van der Waals surface area contributed by atoms with Gasteiger partial charge in [-0.05, 0) is 30.3 Å². The fraction of sp³-hybridized carbons (Fsp3) is 0.100. The van der Waals surface area contributed by atoms with E-state index in [1.54, 1.807) is 12.5 Å². The maximum Gasteiger partial charge on any atom is 0.223 e. The predicted octanol–water partition coefficient (Wildman–Crippen LogP) is 1.84. The summed E-state index contributed by atoms with van der Waals surface area (Å²) in [5.41, 5.74) is 7.80. The van der Waals surface area contributed by atoms with E-state index in [1.165, 1.54) is 11.8 Å². The predicted molar refractivity (Wildman–Crippen MR) is 72.0 cm³/mol. The van der Waals surface area contributed by atoms with Crippen LogP contribution in [0.5, 0.6) is 0 Å². The summed E-state index contributed by atoms with van der Waals surface area (Å²) in [7, 11) is 0. The van der Waals surface area contributed by atoms with Crippen LogP contribution in [-0.2, 0) is 0 Å². The smallest absolute Gasteiger partial charge is 0.223 e. The summed E-state index contributed by atoms with van der Waals surface area (Å²) in [6.45, 7) is 1.90. The molecule has 19 heavy (non-hydrogen) atoms. The van der Waals surface area contributed by atoms with E-state index in [1.807, 2.05) is 6.92 Å². The average molecular weight is 294 g/mol. The second-order valence-electron chi connectivity index (χ2n) is 3.72. The normalized spacial score (nSPS) is 11.1. The van der Waals surface area contributed by atoms with E-state index in [-0.39, 0.29) is 11.2 Å². The van der Waals surface area contributed by atoms with E-state index in [9.17, 15) is 0 Å². The van der Waals surface area contributed by atoms with E-state index < -0.39 is 0 Å². The van der Waals surface area contributed by atoms with Crippen molar-refractivity contribution >= 4 is 40.5 Å². The van der Waals surface area contributed by atoms with Crippen LogP contribution in [0, 0.1) is 6.92 Å². The number of nitrogen functional groups attached to an aromatic ring is 1. The quantitative estimate of drug-likeness (QED) is 0.548. The largest absolute Gasteiger partial charge is 0.368 e. The first kappa shape index (κ1) is 12.1.